The monoisotopic (exact) mass is 266 g/mol. The minimum absolute atomic E-state index is 0.193. The molecule has 1 saturated heterocycles. The minimum Gasteiger partial charge on any atom is -0.327 e. The molecule has 1 heterocycles. The maximum absolute atomic E-state index is 6.19. The Hall–Kier alpha value is -0.570. The molecule has 0 aromatic heterocycles. The summed E-state index contributed by atoms with van der Waals surface area (Å²) >= 11 is 5.94. The van der Waals surface area contributed by atoms with Crippen molar-refractivity contribution in [2.75, 3.05) is 13.1 Å². The van der Waals surface area contributed by atoms with Crippen molar-refractivity contribution < 1.29 is 0 Å². The third-order valence-electron chi connectivity index (χ3n) is 4.24. The van der Waals surface area contributed by atoms with Gasteiger partial charge >= 0.3 is 0 Å². The summed E-state index contributed by atoms with van der Waals surface area (Å²) in [5.41, 5.74) is 7.71. The van der Waals surface area contributed by atoms with Gasteiger partial charge in [-0.1, -0.05) is 37.6 Å². The minimum atomic E-state index is 0.193. The van der Waals surface area contributed by atoms with Crippen molar-refractivity contribution in [1.29, 1.82) is 0 Å². The maximum atomic E-state index is 6.19. The molecule has 2 atom stereocenters. The summed E-state index contributed by atoms with van der Waals surface area (Å²) in [4.78, 5) is 2.52. The Morgan fingerprint density at radius 1 is 1.33 bits per heavy atom. The zero-order valence-corrected chi connectivity index (χ0v) is 12.2. The van der Waals surface area contributed by atoms with Gasteiger partial charge < -0.3 is 5.73 Å². The molecule has 1 aliphatic rings. The van der Waals surface area contributed by atoms with Crippen LogP contribution in [0.25, 0.3) is 0 Å². The molecule has 0 spiro atoms. The number of hydrogen-bond acceptors (Lipinski definition) is 2. The molecule has 2 unspecified atom stereocenters. The predicted molar refractivity (Wildman–Crippen MR) is 77.8 cm³/mol. The third kappa shape index (κ3) is 2.87. The van der Waals surface area contributed by atoms with Gasteiger partial charge in [0.15, 0.2) is 0 Å². The Morgan fingerprint density at radius 3 is 2.50 bits per heavy atom. The summed E-state index contributed by atoms with van der Waals surface area (Å²) in [6.45, 7) is 8.92. The number of nitrogens with zero attached hydrogens (tertiary/aromatic N) is 1. The van der Waals surface area contributed by atoms with Gasteiger partial charge in [-0.05, 0) is 36.5 Å². The Labute approximate surface area is 115 Å². The number of rotatable bonds is 2. The number of hydrogen-bond donors (Lipinski definition) is 1. The van der Waals surface area contributed by atoms with Gasteiger partial charge in [-0.2, -0.15) is 0 Å². The number of benzene rings is 1. The summed E-state index contributed by atoms with van der Waals surface area (Å²) in [5.74, 6) is 0. The van der Waals surface area contributed by atoms with Gasteiger partial charge in [0.2, 0.25) is 0 Å². The summed E-state index contributed by atoms with van der Waals surface area (Å²) in [6, 6.07) is 8.91. The molecular weight excluding hydrogens is 244 g/mol. The van der Waals surface area contributed by atoms with Crippen LogP contribution in [0.2, 0.25) is 5.02 Å². The number of piperidine rings is 1. The van der Waals surface area contributed by atoms with Crippen molar-refractivity contribution in [3.8, 4) is 0 Å². The molecule has 1 aromatic rings. The molecule has 0 amide bonds. The van der Waals surface area contributed by atoms with Gasteiger partial charge in [-0.3, -0.25) is 4.90 Å². The highest BCUT2D eigenvalue weighted by atomic mass is 35.5. The second kappa shape index (κ2) is 5.20. The fourth-order valence-electron chi connectivity index (χ4n) is 2.70. The molecule has 100 valence electrons. The van der Waals surface area contributed by atoms with E-state index in [0.717, 1.165) is 24.5 Å². The van der Waals surface area contributed by atoms with Crippen molar-refractivity contribution in [1.82, 2.24) is 4.90 Å². The smallest absolute Gasteiger partial charge is 0.0406 e. The lowest BCUT2D eigenvalue weighted by Gasteiger charge is -2.45. The predicted octanol–water partition coefficient (Wildman–Crippen LogP) is 3.46. The quantitative estimate of drug-likeness (QED) is 0.888. The van der Waals surface area contributed by atoms with Gasteiger partial charge in [-0.15, -0.1) is 0 Å². The zero-order chi connectivity index (χ0) is 13.3. The Kier molecular flexibility index (Phi) is 4.00. The largest absolute Gasteiger partial charge is 0.327 e. The van der Waals surface area contributed by atoms with Gasteiger partial charge in [0.25, 0.3) is 0 Å². The van der Waals surface area contributed by atoms with E-state index in [1.807, 2.05) is 12.1 Å². The first-order valence-electron chi connectivity index (χ1n) is 6.65. The van der Waals surface area contributed by atoms with Crippen LogP contribution >= 0.6 is 11.6 Å². The van der Waals surface area contributed by atoms with Crippen LogP contribution < -0.4 is 5.73 Å². The first-order valence-corrected chi connectivity index (χ1v) is 7.03. The molecule has 0 saturated carbocycles. The highest BCUT2D eigenvalue weighted by molar-refractivity contribution is 6.30. The van der Waals surface area contributed by atoms with Gasteiger partial charge in [0, 0.05) is 30.2 Å². The van der Waals surface area contributed by atoms with E-state index in [-0.39, 0.29) is 5.41 Å². The molecule has 3 heteroatoms. The highest BCUT2D eigenvalue weighted by Crippen LogP contribution is 2.33. The molecule has 2 nitrogen and oxygen atoms in total. The van der Waals surface area contributed by atoms with Crippen molar-refractivity contribution >= 4 is 11.6 Å². The molecule has 1 aliphatic heterocycles. The second-order valence-electron chi connectivity index (χ2n) is 6.08. The van der Waals surface area contributed by atoms with Crippen LogP contribution in [0.5, 0.6) is 0 Å². The fraction of sp³-hybridized carbons (Fsp3) is 0.600. The lowest BCUT2D eigenvalue weighted by atomic mass is 9.79. The molecule has 0 aliphatic carbocycles. The van der Waals surface area contributed by atoms with E-state index in [1.54, 1.807) is 0 Å². The van der Waals surface area contributed by atoms with Crippen molar-refractivity contribution in [2.24, 2.45) is 11.1 Å². The van der Waals surface area contributed by atoms with Crippen LogP contribution in [-0.4, -0.2) is 24.0 Å². The molecule has 18 heavy (non-hydrogen) atoms. The van der Waals surface area contributed by atoms with Crippen LogP contribution in [0.1, 0.15) is 38.8 Å². The third-order valence-corrected chi connectivity index (χ3v) is 4.49. The average molecular weight is 267 g/mol. The summed E-state index contributed by atoms with van der Waals surface area (Å²) in [5, 5.41) is 0.798. The van der Waals surface area contributed by atoms with Crippen LogP contribution in [0, 0.1) is 5.41 Å². The highest BCUT2D eigenvalue weighted by Gasteiger charge is 2.35. The van der Waals surface area contributed by atoms with Gasteiger partial charge in [0.05, 0.1) is 0 Å². The van der Waals surface area contributed by atoms with Gasteiger partial charge in [-0.25, -0.2) is 0 Å². The Morgan fingerprint density at radius 2 is 1.94 bits per heavy atom. The van der Waals surface area contributed by atoms with Crippen molar-refractivity contribution in [3.63, 3.8) is 0 Å². The van der Waals surface area contributed by atoms with E-state index in [0.29, 0.717) is 12.1 Å². The van der Waals surface area contributed by atoms with Gasteiger partial charge in [0.1, 0.15) is 0 Å². The van der Waals surface area contributed by atoms with E-state index in [9.17, 15) is 0 Å². The van der Waals surface area contributed by atoms with Crippen LogP contribution in [0.15, 0.2) is 24.3 Å². The topological polar surface area (TPSA) is 29.3 Å². The summed E-state index contributed by atoms with van der Waals surface area (Å²) < 4.78 is 0. The normalized spacial score (nSPS) is 25.9. The maximum Gasteiger partial charge on any atom is 0.0406 e. The van der Waals surface area contributed by atoms with Crippen molar-refractivity contribution in [3.05, 3.63) is 34.9 Å². The van der Waals surface area contributed by atoms with E-state index in [2.05, 4.69) is 37.8 Å². The molecule has 0 radical (unpaired) electrons. The lowest BCUT2D eigenvalue weighted by Crippen LogP contribution is -2.52. The average Bonchev–Trinajstić information content (AvgIpc) is 2.33. The van der Waals surface area contributed by atoms with Crippen LogP contribution in [-0.2, 0) is 0 Å². The van der Waals surface area contributed by atoms with Crippen LogP contribution in [0.4, 0.5) is 0 Å². The first kappa shape index (κ1) is 13.9. The standard InChI is InChI=1S/C15H23ClN2/c1-11(12-4-6-13(16)7-5-12)18-9-8-14(17)15(2,3)10-18/h4-7,11,14H,8-10,17H2,1-3H3. The van der Waals surface area contributed by atoms with E-state index in [4.69, 9.17) is 17.3 Å². The fourth-order valence-corrected chi connectivity index (χ4v) is 2.82. The van der Waals surface area contributed by atoms with Crippen molar-refractivity contribution in [2.45, 2.75) is 39.3 Å². The Bertz CT molecular complexity index is 399. The Balaban J connectivity index is 2.10. The first-order chi connectivity index (χ1) is 8.40. The molecule has 1 aromatic carbocycles. The molecule has 2 rings (SSSR count). The molecular formula is C15H23ClN2. The number of nitrogens with two attached hydrogens (primary N) is 1. The van der Waals surface area contributed by atoms with Crippen LogP contribution in [0.3, 0.4) is 0 Å². The van der Waals surface area contributed by atoms with E-state index >= 15 is 0 Å². The number of halogens is 1. The SMILES string of the molecule is CC(c1ccc(Cl)cc1)N1CCC(N)C(C)(C)C1. The second-order valence-corrected chi connectivity index (χ2v) is 6.52. The number of likely N-dealkylation sites (tertiary alicyclic amines) is 1. The molecule has 0 bridgehead atoms. The molecule has 1 fully saturated rings. The molecule has 2 N–H and O–H groups in total. The lowest BCUT2D eigenvalue weighted by molar-refractivity contribution is 0.0664. The van der Waals surface area contributed by atoms with E-state index < -0.39 is 0 Å². The zero-order valence-electron chi connectivity index (χ0n) is 11.5. The van der Waals surface area contributed by atoms with E-state index in [1.165, 1.54) is 5.56 Å². The summed E-state index contributed by atoms with van der Waals surface area (Å²) in [7, 11) is 0. The summed E-state index contributed by atoms with van der Waals surface area (Å²) in [6.07, 6.45) is 1.07.